The average molecular weight is 406 g/mol. The van der Waals surface area contributed by atoms with Crippen molar-refractivity contribution < 1.29 is 13.2 Å². The van der Waals surface area contributed by atoms with E-state index in [0.29, 0.717) is 23.2 Å². The number of hydrogen-bond acceptors (Lipinski definition) is 5. The third-order valence-corrected chi connectivity index (χ3v) is 6.93. The minimum Gasteiger partial charge on any atom is -0.302 e. The third-order valence-electron chi connectivity index (χ3n) is 5.57. The van der Waals surface area contributed by atoms with E-state index >= 15 is 0 Å². The largest absolute Gasteiger partial charge is 0.302 e. The van der Waals surface area contributed by atoms with Gasteiger partial charge in [0.05, 0.1) is 11.9 Å². The molecule has 27 heavy (non-hydrogen) atoms. The van der Waals surface area contributed by atoms with E-state index in [1.54, 1.807) is 12.1 Å². The van der Waals surface area contributed by atoms with Crippen molar-refractivity contribution in [1.29, 1.82) is 0 Å². The summed E-state index contributed by atoms with van der Waals surface area (Å²) in [6.07, 6.45) is 6.86. The summed E-state index contributed by atoms with van der Waals surface area (Å²) in [4.78, 5) is 16.9. The highest BCUT2D eigenvalue weighted by atomic mass is 32.2. The van der Waals surface area contributed by atoms with Crippen molar-refractivity contribution >= 4 is 38.1 Å². The monoisotopic (exact) mass is 405 g/mol. The van der Waals surface area contributed by atoms with Crippen LogP contribution in [0.5, 0.6) is 0 Å². The van der Waals surface area contributed by atoms with Gasteiger partial charge >= 0.3 is 0 Å². The average Bonchev–Trinajstić information content (AvgIpc) is 3.31. The standard InChI is InChI=1S/C19H23N3O3S2/c1-27(24,25)22-16-6-4-13(5-7-16)17-11-26-19(20-17)21-18(23)10-15-9-12-2-3-14(15)8-12/h4-7,11-12,14-15,22H,2-3,8-10H2,1H3,(H,20,21,23). The van der Waals surface area contributed by atoms with Crippen molar-refractivity contribution in [1.82, 2.24) is 4.98 Å². The van der Waals surface area contributed by atoms with E-state index in [1.165, 1.54) is 37.0 Å². The maximum atomic E-state index is 12.4. The molecule has 1 aromatic carbocycles. The molecule has 2 saturated carbocycles. The Morgan fingerprint density at radius 3 is 2.63 bits per heavy atom. The maximum Gasteiger partial charge on any atom is 0.229 e. The number of amides is 1. The molecule has 1 amide bonds. The molecule has 2 bridgehead atoms. The minimum absolute atomic E-state index is 0.0566. The van der Waals surface area contributed by atoms with Gasteiger partial charge in [0.1, 0.15) is 0 Å². The predicted molar refractivity (Wildman–Crippen MR) is 108 cm³/mol. The summed E-state index contributed by atoms with van der Waals surface area (Å²) in [6, 6.07) is 7.01. The fourth-order valence-electron chi connectivity index (χ4n) is 4.42. The zero-order chi connectivity index (χ0) is 19.0. The SMILES string of the molecule is CS(=O)(=O)Nc1ccc(-c2csc(NC(=O)CC3CC4CCC3C4)n2)cc1. The highest BCUT2D eigenvalue weighted by Gasteiger charge is 2.40. The van der Waals surface area contributed by atoms with Crippen molar-refractivity contribution in [3.8, 4) is 11.3 Å². The lowest BCUT2D eigenvalue weighted by Gasteiger charge is -2.20. The van der Waals surface area contributed by atoms with Crippen LogP contribution < -0.4 is 10.0 Å². The van der Waals surface area contributed by atoms with Gasteiger partial charge in [0.25, 0.3) is 0 Å². The Hall–Kier alpha value is -1.93. The molecule has 8 heteroatoms. The molecule has 2 aliphatic carbocycles. The van der Waals surface area contributed by atoms with Gasteiger partial charge in [-0.25, -0.2) is 13.4 Å². The van der Waals surface area contributed by atoms with Crippen LogP contribution in [-0.2, 0) is 14.8 Å². The van der Waals surface area contributed by atoms with E-state index in [0.717, 1.165) is 29.3 Å². The number of carbonyl (C=O) groups is 1. The molecule has 2 N–H and O–H groups in total. The number of sulfonamides is 1. The topological polar surface area (TPSA) is 88.2 Å². The number of aromatic nitrogens is 1. The summed E-state index contributed by atoms with van der Waals surface area (Å²) in [5.74, 6) is 2.19. The van der Waals surface area contributed by atoms with E-state index < -0.39 is 10.0 Å². The maximum absolute atomic E-state index is 12.4. The van der Waals surface area contributed by atoms with Gasteiger partial charge in [-0.15, -0.1) is 11.3 Å². The fourth-order valence-corrected chi connectivity index (χ4v) is 5.72. The van der Waals surface area contributed by atoms with Crippen LogP contribution in [0.15, 0.2) is 29.6 Å². The number of anilines is 2. The van der Waals surface area contributed by atoms with Crippen LogP contribution in [0.2, 0.25) is 0 Å². The van der Waals surface area contributed by atoms with E-state index in [4.69, 9.17) is 0 Å². The summed E-state index contributed by atoms with van der Waals surface area (Å²) in [6.45, 7) is 0. The molecule has 0 saturated heterocycles. The quantitative estimate of drug-likeness (QED) is 0.762. The van der Waals surface area contributed by atoms with Crippen molar-refractivity contribution in [3.63, 3.8) is 0 Å². The van der Waals surface area contributed by atoms with Crippen LogP contribution >= 0.6 is 11.3 Å². The van der Waals surface area contributed by atoms with Gasteiger partial charge < -0.3 is 5.32 Å². The Bertz CT molecular complexity index is 937. The number of nitrogens with zero attached hydrogens (tertiary/aromatic N) is 1. The number of benzene rings is 1. The second-order valence-corrected chi connectivity index (χ2v) is 10.3. The normalized spacial score (nSPS) is 24.1. The summed E-state index contributed by atoms with van der Waals surface area (Å²) >= 11 is 1.41. The molecule has 2 aliphatic rings. The smallest absolute Gasteiger partial charge is 0.229 e. The molecule has 2 fully saturated rings. The van der Waals surface area contributed by atoms with Crippen LogP contribution in [0.4, 0.5) is 10.8 Å². The Labute approximate surface area is 163 Å². The zero-order valence-electron chi connectivity index (χ0n) is 15.1. The number of fused-ring (bicyclic) bond motifs is 2. The number of thiazole rings is 1. The molecule has 144 valence electrons. The number of carbonyl (C=O) groups excluding carboxylic acids is 1. The molecule has 1 heterocycles. The van der Waals surface area contributed by atoms with Gasteiger partial charge in [-0.2, -0.15) is 0 Å². The Balaban J connectivity index is 1.36. The van der Waals surface area contributed by atoms with Crippen LogP contribution in [-0.4, -0.2) is 25.6 Å². The molecular weight excluding hydrogens is 382 g/mol. The first-order chi connectivity index (χ1) is 12.9. The highest BCUT2D eigenvalue weighted by molar-refractivity contribution is 7.92. The number of nitrogens with one attached hydrogen (secondary N) is 2. The van der Waals surface area contributed by atoms with Gasteiger partial charge in [-0.05, 0) is 49.1 Å². The molecule has 0 radical (unpaired) electrons. The summed E-state index contributed by atoms with van der Waals surface area (Å²) in [5, 5.41) is 5.44. The third kappa shape index (κ3) is 4.50. The molecule has 3 atom stereocenters. The Morgan fingerprint density at radius 2 is 2.00 bits per heavy atom. The molecule has 0 aliphatic heterocycles. The number of hydrogen-bond donors (Lipinski definition) is 2. The van der Waals surface area contributed by atoms with Gasteiger partial charge in [0, 0.05) is 23.1 Å². The van der Waals surface area contributed by atoms with Crippen molar-refractivity contribution in [2.45, 2.75) is 32.1 Å². The lowest BCUT2D eigenvalue weighted by atomic mass is 9.86. The number of rotatable bonds is 6. The molecule has 3 unspecified atom stereocenters. The van der Waals surface area contributed by atoms with Crippen molar-refractivity contribution in [2.24, 2.45) is 17.8 Å². The first-order valence-electron chi connectivity index (χ1n) is 9.19. The van der Waals surface area contributed by atoms with Gasteiger partial charge in [-0.1, -0.05) is 18.6 Å². The van der Waals surface area contributed by atoms with E-state index in [1.807, 2.05) is 17.5 Å². The molecule has 0 spiro atoms. The Kier molecular flexibility index (Phi) is 4.94. The van der Waals surface area contributed by atoms with Crippen LogP contribution in [0.25, 0.3) is 11.3 Å². The molecule has 4 rings (SSSR count). The Morgan fingerprint density at radius 1 is 1.22 bits per heavy atom. The summed E-state index contributed by atoms with van der Waals surface area (Å²) < 4.78 is 25.0. The lowest BCUT2D eigenvalue weighted by Crippen LogP contribution is -2.20. The lowest BCUT2D eigenvalue weighted by molar-refractivity contribution is -0.117. The predicted octanol–water partition coefficient (Wildman–Crippen LogP) is 3.95. The van der Waals surface area contributed by atoms with Gasteiger partial charge in [0.2, 0.25) is 15.9 Å². The molecule has 1 aromatic heterocycles. The zero-order valence-corrected chi connectivity index (χ0v) is 16.8. The first kappa shape index (κ1) is 18.4. The fraction of sp³-hybridized carbons (Fsp3) is 0.474. The van der Waals surface area contributed by atoms with Crippen LogP contribution in [0.1, 0.15) is 32.1 Å². The minimum atomic E-state index is -3.29. The van der Waals surface area contributed by atoms with Gasteiger partial charge in [-0.3, -0.25) is 9.52 Å². The van der Waals surface area contributed by atoms with Crippen molar-refractivity contribution in [2.75, 3.05) is 16.3 Å². The van der Waals surface area contributed by atoms with Crippen LogP contribution in [0.3, 0.4) is 0 Å². The van der Waals surface area contributed by atoms with Crippen LogP contribution in [0, 0.1) is 17.8 Å². The summed E-state index contributed by atoms with van der Waals surface area (Å²) in [5.41, 5.74) is 2.15. The van der Waals surface area contributed by atoms with E-state index in [9.17, 15) is 13.2 Å². The van der Waals surface area contributed by atoms with Crippen molar-refractivity contribution in [3.05, 3.63) is 29.6 Å². The molecule has 6 nitrogen and oxygen atoms in total. The molecular formula is C19H23N3O3S2. The summed E-state index contributed by atoms with van der Waals surface area (Å²) in [7, 11) is -3.29. The second kappa shape index (κ2) is 7.24. The van der Waals surface area contributed by atoms with E-state index in [2.05, 4.69) is 15.0 Å². The second-order valence-electron chi connectivity index (χ2n) is 7.68. The van der Waals surface area contributed by atoms with Gasteiger partial charge in [0.15, 0.2) is 5.13 Å². The van der Waals surface area contributed by atoms with E-state index in [-0.39, 0.29) is 5.91 Å². The first-order valence-corrected chi connectivity index (χ1v) is 12.0. The molecule has 2 aromatic rings. The highest BCUT2D eigenvalue weighted by Crippen LogP contribution is 2.49.